The number of ether oxygens (including phenoxy) is 1. The van der Waals surface area contributed by atoms with Gasteiger partial charge in [-0.25, -0.2) is 13.6 Å². The van der Waals surface area contributed by atoms with E-state index in [1.165, 1.54) is 6.07 Å². The van der Waals surface area contributed by atoms with Crippen LogP contribution in [0.25, 0.3) is 0 Å². The summed E-state index contributed by atoms with van der Waals surface area (Å²) in [7, 11) is 0. The fraction of sp³-hybridized carbons (Fsp3) is 0.0667. The first-order valence-electron chi connectivity index (χ1n) is 6.13. The molecule has 0 aliphatic heterocycles. The second-order valence-corrected chi connectivity index (χ2v) is 4.70. The lowest BCUT2D eigenvalue weighted by atomic mass is 10.2. The molecule has 0 bridgehead atoms. The van der Waals surface area contributed by atoms with Crippen LogP contribution in [0.4, 0.5) is 14.5 Å². The lowest BCUT2D eigenvalue weighted by molar-refractivity contribution is -0.119. The summed E-state index contributed by atoms with van der Waals surface area (Å²) < 4.78 is 31.0. The van der Waals surface area contributed by atoms with Gasteiger partial charge in [0.1, 0.15) is 11.6 Å². The maximum atomic E-state index is 13.4. The molecule has 0 atom stereocenters. The van der Waals surface area contributed by atoms with Crippen LogP contribution in [-0.2, 0) is 9.53 Å². The Bertz CT molecular complexity index is 722. The number of nitrogens with one attached hydrogen (secondary N) is 1. The molecule has 0 spiro atoms. The number of amides is 1. The molecule has 2 rings (SSSR count). The van der Waals surface area contributed by atoms with E-state index in [9.17, 15) is 18.4 Å². The summed E-state index contributed by atoms with van der Waals surface area (Å²) in [5.41, 5.74) is -0.152. The third-order valence-electron chi connectivity index (χ3n) is 2.59. The summed E-state index contributed by atoms with van der Waals surface area (Å²) in [5, 5.41) is 2.87. The van der Waals surface area contributed by atoms with Gasteiger partial charge in [-0.1, -0.05) is 17.7 Å². The molecule has 2 aromatic carbocycles. The third kappa shape index (κ3) is 4.26. The van der Waals surface area contributed by atoms with Crippen molar-refractivity contribution in [1.29, 1.82) is 0 Å². The molecule has 0 fully saturated rings. The Morgan fingerprint density at radius 1 is 1.14 bits per heavy atom. The average molecular weight is 326 g/mol. The number of hydrogen-bond acceptors (Lipinski definition) is 3. The van der Waals surface area contributed by atoms with Crippen molar-refractivity contribution in [3.05, 3.63) is 64.7 Å². The molecule has 1 N–H and O–H groups in total. The number of rotatable bonds is 4. The van der Waals surface area contributed by atoms with Gasteiger partial charge in [0.05, 0.1) is 5.56 Å². The summed E-state index contributed by atoms with van der Waals surface area (Å²) in [6.45, 7) is -0.638. The van der Waals surface area contributed by atoms with Crippen molar-refractivity contribution in [2.75, 3.05) is 11.9 Å². The van der Waals surface area contributed by atoms with Gasteiger partial charge in [0, 0.05) is 10.7 Å². The van der Waals surface area contributed by atoms with Crippen molar-refractivity contribution in [3.63, 3.8) is 0 Å². The third-order valence-corrected chi connectivity index (χ3v) is 2.83. The number of esters is 1. The van der Waals surface area contributed by atoms with Crippen LogP contribution in [-0.4, -0.2) is 18.5 Å². The van der Waals surface area contributed by atoms with Crippen LogP contribution in [0.2, 0.25) is 5.02 Å². The van der Waals surface area contributed by atoms with Crippen molar-refractivity contribution in [2.45, 2.75) is 0 Å². The molecule has 7 heteroatoms. The number of halogens is 3. The fourth-order valence-electron chi connectivity index (χ4n) is 1.63. The monoisotopic (exact) mass is 325 g/mol. The Kier molecular flexibility index (Phi) is 5.06. The van der Waals surface area contributed by atoms with E-state index in [1.807, 2.05) is 0 Å². The highest BCUT2D eigenvalue weighted by atomic mass is 35.5. The smallest absolute Gasteiger partial charge is 0.341 e. The molecular weight excluding hydrogens is 316 g/mol. The molecule has 0 saturated carbocycles. The molecule has 0 unspecified atom stereocenters. The van der Waals surface area contributed by atoms with Gasteiger partial charge in [-0.2, -0.15) is 0 Å². The van der Waals surface area contributed by atoms with Crippen LogP contribution in [0.15, 0.2) is 42.5 Å². The number of carbonyl (C=O) groups excluding carboxylic acids is 2. The Balaban J connectivity index is 1.93. The summed E-state index contributed by atoms with van der Waals surface area (Å²) >= 11 is 5.75. The predicted octanol–water partition coefficient (Wildman–Crippen LogP) is 3.41. The molecule has 0 saturated heterocycles. The van der Waals surface area contributed by atoms with E-state index in [-0.39, 0.29) is 0 Å². The van der Waals surface area contributed by atoms with Crippen molar-refractivity contribution in [3.8, 4) is 0 Å². The van der Waals surface area contributed by atoms with Crippen molar-refractivity contribution >= 4 is 29.2 Å². The maximum Gasteiger partial charge on any atom is 0.341 e. The van der Waals surface area contributed by atoms with Crippen LogP contribution in [0.3, 0.4) is 0 Å². The fourth-order valence-corrected chi connectivity index (χ4v) is 1.82. The second-order valence-electron chi connectivity index (χ2n) is 4.26. The second kappa shape index (κ2) is 7.00. The molecule has 0 aliphatic rings. The van der Waals surface area contributed by atoms with Gasteiger partial charge in [0.25, 0.3) is 5.91 Å². The Labute approximate surface area is 129 Å². The highest BCUT2D eigenvalue weighted by Crippen LogP contribution is 2.15. The van der Waals surface area contributed by atoms with E-state index in [0.717, 1.165) is 12.1 Å². The zero-order valence-corrected chi connectivity index (χ0v) is 11.9. The molecular formula is C15H10ClF2NO3. The number of anilines is 1. The first kappa shape index (κ1) is 15.9. The first-order chi connectivity index (χ1) is 10.5. The predicted molar refractivity (Wildman–Crippen MR) is 76.7 cm³/mol. The van der Waals surface area contributed by atoms with Crippen LogP contribution in [0.1, 0.15) is 10.4 Å². The molecule has 0 aromatic heterocycles. The van der Waals surface area contributed by atoms with Gasteiger partial charge in [0.15, 0.2) is 6.61 Å². The highest BCUT2D eigenvalue weighted by molar-refractivity contribution is 6.30. The first-order valence-corrected chi connectivity index (χ1v) is 6.51. The standard InChI is InChI=1S/C15H10ClF2NO3/c16-9-2-1-3-11(6-9)19-14(20)8-22-15(21)12-7-10(17)4-5-13(12)18/h1-7H,8H2,(H,19,20). The van der Waals surface area contributed by atoms with Crippen molar-refractivity contribution in [2.24, 2.45) is 0 Å². The van der Waals surface area contributed by atoms with Gasteiger partial charge in [-0.15, -0.1) is 0 Å². The molecule has 2 aromatic rings. The zero-order chi connectivity index (χ0) is 16.1. The zero-order valence-electron chi connectivity index (χ0n) is 11.1. The van der Waals surface area contributed by atoms with E-state index in [0.29, 0.717) is 16.8 Å². The van der Waals surface area contributed by atoms with Gasteiger partial charge < -0.3 is 10.1 Å². The van der Waals surface area contributed by atoms with Crippen LogP contribution < -0.4 is 5.32 Å². The molecule has 4 nitrogen and oxygen atoms in total. The largest absolute Gasteiger partial charge is 0.452 e. The minimum Gasteiger partial charge on any atom is -0.452 e. The molecule has 22 heavy (non-hydrogen) atoms. The summed E-state index contributed by atoms with van der Waals surface area (Å²) in [6.07, 6.45) is 0. The Morgan fingerprint density at radius 3 is 2.64 bits per heavy atom. The van der Waals surface area contributed by atoms with Crippen LogP contribution >= 0.6 is 11.6 Å². The molecule has 0 radical (unpaired) electrons. The topological polar surface area (TPSA) is 55.4 Å². The molecule has 0 aliphatic carbocycles. The average Bonchev–Trinajstić information content (AvgIpc) is 2.47. The van der Waals surface area contributed by atoms with Gasteiger partial charge in [-0.05, 0) is 36.4 Å². The maximum absolute atomic E-state index is 13.4. The van der Waals surface area contributed by atoms with Crippen molar-refractivity contribution in [1.82, 2.24) is 0 Å². The Morgan fingerprint density at radius 2 is 1.91 bits per heavy atom. The molecule has 0 heterocycles. The van der Waals surface area contributed by atoms with Gasteiger partial charge in [0.2, 0.25) is 0 Å². The van der Waals surface area contributed by atoms with E-state index in [4.69, 9.17) is 11.6 Å². The van der Waals surface area contributed by atoms with E-state index < -0.39 is 35.7 Å². The Hall–Kier alpha value is -2.47. The lowest BCUT2D eigenvalue weighted by Gasteiger charge is -2.07. The van der Waals surface area contributed by atoms with E-state index in [2.05, 4.69) is 10.1 Å². The normalized spacial score (nSPS) is 10.1. The highest BCUT2D eigenvalue weighted by Gasteiger charge is 2.15. The summed E-state index contributed by atoms with van der Waals surface area (Å²) in [4.78, 5) is 23.2. The number of hydrogen-bond donors (Lipinski definition) is 1. The van der Waals surface area contributed by atoms with Crippen LogP contribution in [0, 0.1) is 11.6 Å². The quantitative estimate of drug-likeness (QED) is 0.876. The molecule has 1 amide bonds. The molecule has 114 valence electrons. The van der Waals surface area contributed by atoms with Crippen molar-refractivity contribution < 1.29 is 23.1 Å². The lowest BCUT2D eigenvalue weighted by Crippen LogP contribution is -2.21. The summed E-state index contributed by atoms with van der Waals surface area (Å²) in [5.74, 6) is -3.47. The summed E-state index contributed by atoms with van der Waals surface area (Å²) in [6, 6.07) is 8.74. The number of benzene rings is 2. The van der Waals surface area contributed by atoms with E-state index >= 15 is 0 Å². The van der Waals surface area contributed by atoms with Crippen LogP contribution in [0.5, 0.6) is 0 Å². The SMILES string of the molecule is O=C(COC(=O)c1cc(F)ccc1F)Nc1cccc(Cl)c1. The van der Waals surface area contributed by atoms with E-state index in [1.54, 1.807) is 18.2 Å². The minimum atomic E-state index is -1.13. The number of carbonyl (C=O) groups is 2. The van der Waals surface area contributed by atoms with Gasteiger partial charge in [-0.3, -0.25) is 4.79 Å². The van der Waals surface area contributed by atoms with Gasteiger partial charge >= 0.3 is 5.97 Å². The minimum absolute atomic E-state index is 0.422.